The summed E-state index contributed by atoms with van der Waals surface area (Å²) in [4.78, 5) is 24.7. The van der Waals surface area contributed by atoms with E-state index in [0.717, 1.165) is 11.4 Å². The lowest BCUT2D eigenvalue weighted by Crippen LogP contribution is -2.20. The molecule has 0 aliphatic rings. The summed E-state index contributed by atoms with van der Waals surface area (Å²) in [5, 5.41) is 6.15. The lowest BCUT2D eigenvalue weighted by atomic mass is 10.0. The van der Waals surface area contributed by atoms with Gasteiger partial charge < -0.3 is 9.84 Å². The van der Waals surface area contributed by atoms with Gasteiger partial charge in [0.1, 0.15) is 9.77 Å². The highest BCUT2D eigenvalue weighted by atomic mass is 32.2. The Balaban J connectivity index is 2.20. The maximum atomic E-state index is 13.5. The molecule has 0 radical (unpaired) electrons. The molecule has 10 heteroatoms. The standard InChI is InChI=1S/C20H21N3O5S2/c1-10-8-11(2)17(15(9-10)14(5)24)21-19(25)18-16(6-7-29-18)30(26,27)23-20-12(3)13(4)22-28-20/h6-9,23H,1-5H3,(H,21,25)/i1D3,2D3,3D3,4D3,5D3,9D. The van der Waals surface area contributed by atoms with Gasteiger partial charge in [0.15, 0.2) is 5.78 Å². The summed E-state index contributed by atoms with van der Waals surface area (Å²) in [6.45, 7) is -16.5. The van der Waals surface area contributed by atoms with Crippen LogP contribution in [0.3, 0.4) is 0 Å². The van der Waals surface area contributed by atoms with Gasteiger partial charge in [-0.25, -0.2) is 13.1 Å². The van der Waals surface area contributed by atoms with E-state index in [1.165, 1.54) is 0 Å². The number of carbonyl (C=O) groups is 2. The number of hydrogen-bond donors (Lipinski definition) is 2. The number of carbonyl (C=O) groups excluding carboxylic acids is 2. The number of rotatable bonds is 6. The van der Waals surface area contributed by atoms with E-state index >= 15 is 0 Å². The lowest BCUT2D eigenvalue weighted by Gasteiger charge is -2.14. The van der Waals surface area contributed by atoms with Gasteiger partial charge in [-0.3, -0.25) is 9.59 Å². The van der Waals surface area contributed by atoms with Crippen molar-refractivity contribution in [3.05, 3.63) is 56.4 Å². The van der Waals surface area contributed by atoms with Crippen molar-refractivity contribution >= 4 is 44.6 Å². The van der Waals surface area contributed by atoms with Crippen molar-refractivity contribution < 1.29 is 44.5 Å². The van der Waals surface area contributed by atoms with Gasteiger partial charge in [0.05, 0.1) is 12.8 Å². The Morgan fingerprint density at radius 1 is 1.27 bits per heavy atom. The predicted octanol–water partition coefficient (Wildman–Crippen LogP) is 4.23. The third-order valence-electron chi connectivity index (χ3n) is 3.58. The van der Waals surface area contributed by atoms with Crippen LogP contribution in [0.25, 0.3) is 0 Å². The first-order chi connectivity index (χ1) is 20.5. The van der Waals surface area contributed by atoms with Gasteiger partial charge in [0.2, 0.25) is 5.88 Å². The van der Waals surface area contributed by atoms with E-state index in [1.807, 2.05) is 5.32 Å². The molecule has 3 aromatic rings. The fourth-order valence-corrected chi connectivity index (χ4v) is 4.59. The number of anilines is 2. The number of nitrogens with zero attached hydrogens (tertiary/aromatic N) is 1. The number of amides is 1. The van der Waals surface area contributed by atoms with Crippen molar-refractivity contribution in [2.75, 3.05) is 10.0 Å². The molecule has 0 aliphatic heterocycles. The summed E-state index contributed by atoms with van der Waals surface area (Å²) < 4.78 is 156. The van der Waals surface area contributed by atoms with E-state index in [4.69, 9.17) is 21.9 Å². The Bertz CT molecular complexity index is 1800. The average molecular weight is 464 g/mol. The third kappa shape index (κ3) is 4.14. The summed E-state index contributed by atoms with van der Waals surface area (Å²) in [7, 11) is -5.02. The van der Waals surface area contributed by atoms with E-state index in [1.54, 1.807) is 4.72 Å². The highest BCUT2D eigenvalue weighted by molar-refractivity contribution is 7.93. The van der Waals surface area contributed by atoms with Crippen LogP contribution in [0.15, 0.2) is 33.0 Å². The number of hydrogen-bond acceptors (Lipinski definition) is 7. The highest BCUT2D eigenvalue weighted by Crippen LogP contribution is 2.29. The first-order valence-corrected chi connectivity index (χ1v) is 10.0. The first kappa shape index (κ1) is 9.03. The van der Waals surface area contributed by atoms with Crippen LogP contribution < -0.4 is 10.0 Å². The normalized spacial score (nSPS) is 21.3. The molecule has 0 bridgehead atoms. The van der Waals surface area contributed by atoms with Gasteiger partial charge in [-0.2, -0.15) is 0 Å². The molecule has 0 saturated heterocycles. The van der Waals surface area contributed by atoms with Gasteiger partial charge in [0, 0.05) is 31.7 Å². The number of benzene rings is 1. The Hall–Kier alpha value is -2.98. The second-order valence-electron chi connectivity index (χ2n) is 5.58. The van der Waals surface area contributed by atoms with Crippen LogP contribution in [0.5, 0.6) is 0 Å². The zero-order valence-electron chi connectivity index (χ0n) is 30.5. The van der Waals surface area contributed by atoms with E-state index in [-0.39, 0.29) is 0 Å². The topological polar surface area (TPSA) is 118 Å². The smallest absolute Gasteiger partial charge is 0.267 e. The minimum atomic E-state index is -5.02. The predicted molar refractivity (Wildman–Crippen MR) is 115 cm³/mol. The molecule has 0 aliphatic carbocycles. The van der Waals surface area contributed by atoms with Crippen LogP contribution in [0.4, 0.5) is 11.6 Å². The minimum Gasteiger partial charge on any atom is -0.337 e. The number of ketones is 1. The van der Waals surface area contributed by atoms with E-state index in [0.29, 0.717) is 17.4 Å². The first-order valence-electron chi connectivity index (χ1n) is 15.6. The van der Waals surface area contributed by atoms with E-state index < -0.39 is 111 Å². The van der Waals surface area contributed by atoms with E-state index in [2.05, 4.69) is 9.68 Å². The number of sulfonamides is 1. The molecule has 1 aromatic carbocycles. The summed E-state index contributed by atoms with van der Waals surface area (Å²) in [6.07, 6.45) is 0. The zero-order chi connectivity index (χ0) is 35.6. The molecule has 2 heterocycles. The van der Waals surface area contributed by atoms with Gasteiger partial charge >= 0.3 is 0 Å². The van der Waals surface area contributed by atoms with Crippen molar-refractivity contribution in [2.45, 2.75) is 39.2 Å². The quantitative estimate of drug-likeness (QED) is 0.528. The molecule has 2 aromatic heterocycles. The van der Waals surface area contributed by atoms with Gasteiger partial charge in [0.25, 0.3) is 15.9 Å². The molecule has 0 saturated carbocycles. The molecular formula is C20H21N3O5S2. The Morgan fingerprint density at radius 3 is 2.83 bits per heavy atom. The Kier molecular flexibility index (Phi) is 2.42. The molecular weight excluding hydrogens is 426 g/mol. The number of Topliss-reactive ketones (excluding diaryl/α,β-unsaturated/α-hetero) is 1. The van der Waals surface area contributed by atoms with Gasteiger partial charge in [-0.1, -0.05) is 11.2 Å². The molecule has 0 atom stereocenters. The minimum absolute atomic E-state index is 0.426. The van der Waals surface area contributed by atoms with Crippen LogP contribution in [-0.2, 0) is 10.0 Å². The van der Waals surface area contributed by atoms with Crippen molar-refractivity contribution in [3.8, 4) is 0 Å². The largest absolute Gasteiger partial charge is 0.337 e. The maximum absolute atomic E-state index is 13.5. The van der Waals surface area contributed by atoms with E-state index in [9.17, 15) is 18.0 Å². The molecule has 8 nitrogen and oxygen atoms in total. The number of aryl methyl sites for hydroxylation is 3. The Morgan fingerprint density at radius 2 is 2.13 bits per heavy atom. The van der Waals surface area contributed by atoms with Gasteiger partial charge in [-0.15, -0.1) is 11.3 Å². The zero-order valence-corrected chi connectivity index (χ0v) is 16.2. The molecule has 30 heavy (non-hydrogen) atoms. The molecule has 2 N–H and O–H groups in total. The second-order valence-corrected chi connectivity index (χ2v) is 8.15. The summed E-state index contributed by atoms with van der Waals surface area (Å²) in [5.41, 5.74) is -6.59. The fourth-order valence-electron chi connectivity index (χ4n) is 2.27. The van der Waals surface area contributed by atoms with Crippen LogP contribution in [0, 0.1) is 27.4 Å². The Labute approximate surface area is 200 Å². The highest BCUT2D eigenvalue weighted by Gasteiger charge is 2.27. The van der Waals surface area contributed by atoms with Crippen molar-refractivity contribution in [2.24, 2.45) is 0 Å². The van der Waals surface area contributed by atoms with Crippen molar-refractivity contribution in [1.29, 1.82) is 0 Å². The molecule has 0 fully saturated rings. The number of thiophene rings is 1. The van der Waals surface area contributed by atoms with Gasteiger partial charge in [-0.05, 0) is 62.9 Å². The van der Waals surface area contributed by atoms with Crippen molar-refractivity contribution in [3.63, 3.8) is 0 Å². The van der Waals surface area contributed by atoms with Crippen LogP contribution in [0.2, 0.25) is 0 Å². The molecule has 1 amide bonds. The van der Waals surface area contributed by atoms with Crippen LogP contribution >= 0.6 is 11.3 Å². The summed E-state index contributed by atoms with van der Waals surface area (Å²) >= 11 is 0.426. The number of aromatic nitrogens is 1. The van der Waals surface area contributed by atoms with Crippen molar-refractivity contribution in [1.82, 2.24) is 5.16 Å². The molecule has 0 unspecified atom stereocenters. The SMILES string of the molecule is [2H]c1c(C([2H])([2H])[2H])cc(C([2H])([2H])[2H])c(NC(=O)c2sccc2S(=O)(=O)Nc2onc(C([2H])([2H])[2H])c2C([2H])([2H])[2H])c1C(=O)C([2H])([2H])[2H]. The fraction of sp³-hybridized carbons (Fsp3) is 0.250. The lowest BCUT2D eigenvalue weighted by molar-refractivity contribution is 0.101. The number of nitrogens with one attached hydrogen (secondary N) is 2. The summed E-state index contributed by atoms with van der Waals surface area (Å²) in [5.74, 6) is -4.48. The monoisotopic (exact) mass is 463 g/mol. The van der Waals surface area contributed by atoms with Crippen LogP contribution in [-0.4, -0.2) is 25.3 Å². The summed E-state index contributed by atoms with van der Waals surface area (Å²) in [6, 6.07) is 0.0905. The molecule has 0 spiro atoms. The van der Waals surface area contributed by atoms with Crippen LogP contribution in [0.1, 0.15) is 71.2 Å². The average Bonchev–Trinajstić information content (AvgIpc) is 3.49. The molecule has 3 rings (SSSR count). The second kappa shape index (κ2) is 8.04. The molecule has 158 valence electrons. The third-order valence-corrected chi connectivity index (χ3v) is 5.99. The maximum Gasteiger partial charge on any atom is 0.267 e.